The molecule has 1 fully saturated rings. The summed E-state index contributed by atoms with van der Waals surface area (Å²) in [7, 11) is 0. The minimum Gasteiger partial charge on any atom is -0.460 e. The van der Waals surface area contributed by atoms with E-state index in [0.717, 1.165) is 6.08 Å². The zero-order chi connectivity index (χ0) is 18.3. The number of allylic oxidation sites excluding steroid dienone is 2. The van der Waals surface area contributed by atoms with Crippen molar-refractivity contribution in [2.24, 2.45) is 17.3 Å². The highest BCUT2D eigenvalue weighted by atomic mass is 127. The molecule has 0 bridgehead atoms. The van der Waals surface area contributed by atoms with Gasteiger partial charge in [-0.25, -0.2) is 4.39 Å². The van der Waals surface area contributed by atoms with Crippen LogP contribution in [-0.2, 0) is 16.1 Å². The van der Waals surface area contributed by atoms with Crippen LogP contribution in [0.25, 0.3) is 0 Å². The van der Waals surface area contributed by atoms with Gasteiger partial charge in [0.25, 0.3) is 0 Å². The third-order valence-electron chi connectivity index (χ3n) is 4.16. The number of hydrogen-bond acceptors (Lipinski definition) is 2. The first-order chi connectivity index (χ1) is 11.0. The van der Waals surface area contributed by atoms with Gasteiger partial charge in [-0.05, 0) is 40.0 Å². The highest BCUT2D eigenvalue weighted by molar-refractivity contribution is 14.1. The number of ether oxygens (including phenoxy) is 1. The van der Waals surface area contributed by atoms with Gasteiger partial charge >= 0.3 is 12.1 Å². The number of halogens is 6. The minimum absolute atomic E-state index is 0.217. The molecule has 0 amide bonds. The average molecular weight is 477 g/mol. The van der Waals surface area contributed by atoms with Crippen LogP contribution in [0.5, 0.6) is 0 Å². The first-order valence-corrected chi connectivity index (χ1v) is 8.46. The number of hydrogen-bond donors (Lipinski definition) is 0. The summed E-state index contributed by atoms with van der Waals surface area (Å²) in [6, 6.07) is 4.69. The highest BCUT2D eigenvalue weighted by Crippen LogP contribution is 2.60. The molecule has 1 aromatic carbocycles. The Morgan fingerprint density at radius 1 is 1.42 bits per heavy atom. The van der Waals surface area contributed by atoms with E-state index in [1.165, 1.54) is 6.07 Å². The molecule has 1 aliphatic rings. The molecule has 0 heterocycles. The first kappa shape index (κ1) is 19.5. The van der Waals surface area contributed by atoms with Crippen LogP contribution in [0.15, 0.2) is 29.3 Å². The second-order valence-corrected chi connectivity index (χ2v) is 7.73. The molecule has 1 unspecified atom stereocenters. The molecule has 1 saturated carbocycles. The number of carbonyl (C=O) groups excluding carboxylic acids is 1. The van der Waals surface area contributed by atoms with Gasteiger partial charge in [-0.3, -0.25) is 4.79 Å². The Hall–Kier alpha value is -0.830. The van der Waals surface area contributed by atoms with E-state index in [-0.39, 0.29) is 12.2 Å². The normalized spacial score (nSPS) is 23.1. The Labute approximate surface area is 155 Å². The van der Waals surface area contributed by atoms with Crippen molar-refractivity contribution in [1.82, 2.24) is 0 Å². The second-order valence-electron chi connectivity index (χ2n) is 6.16. The van der Waals surface area contributed by atoms with Crippen LogP contribution in [0.4, 0.5) is 17.6 Å². The maximum absolute atomic E-state index is 13.8. The van der Waals surface area contributed by atoms with Crippen LogP contribution in [0.3, 0.4) is 0 Å². The Morgan fingerprint density at radius 3 is 2.62 bits per heavy atom. The van der Waals surface area contributed by atoms with Gasteiger partial charge in [0.05, 0.1) is 5.92 Å². The average Bonchev–Trinajstić information content (AvgIpc) is 3.00. The summed E-state index contributed by atoms with van der Waals surface area (Å²) < 4.78 is 56.9. The van der Waals surface area contributed by atoms with Crippen LogP contribution >= 0.6 is 34.2 Å². The molecule has 0 N–H and O–H groups in total. The highest BCUT2D eigenvalue weighted by Gasteiger charge is 2.62. The van der Waals surface area contributed by atoms with E-state index in [2.05, 4.69) is 0 Å². The van der Waals surface area contributed by atoms with Gasteiger partial charge in [-0.2, -0.15) is 13.2 Å². The predicted octanol–water partition coefficient (Wildman–Crippen LogP) is 5.43. The molecule has 0 spiro atoms. The maximum atomic E-state index is 13.8. The maximum Gasteiger partial charge on any atom is 0.426 e. The lowest BCUT2D eigenvalue weighted by molar-refractivity contribution is -0.147. The summed E-state index contributed by atoms with van der Waals surface area (Å²) in [5.74, 6) is -2.54. The molecule has 1 aliphatic carbocycles. The lowest BCUT2D eigenvalue weighted by Gasteiger charge is -2.07. The van der Waals surface area contributed by atoms with Gasteiger partial charge < -0.3 is 4.74 Å². The number of benzene rings is 1. The number of carbonyl (C=O) groups is 1. The molecular weight excluding hydrogens is 463 g/mol. The number of rotatable bonds is 4. The molecule has 24 heavy (non-hydrogen) atoms. The van der Waals surface area contributed by atoms with Gasteiger partial charge in [0.1, 0.15) is 17.5 Å². The summed E-state index contributed by atoms with van der Waals surface area (Å²) in [5, 5.41) is -1.25. The van der Waals surface area contributed by atoms with Crippen molar-refractivity contribution in [3.63, 3.8) is 0 Å². The minimum atomic E-state index is -4.64. The van der Waals surface area contributed by atoms with Crippen molar-refractivity contribution in [2.75, 3.05) is 0 Å². The van der Waals surface area contributed by atoms with E-state index in [1.807, 2.05) is 22.6 Å². The van der Waals surface area contributed by atoms with Crippen molar-refractivity contribution in [3.05, 3.63) is 44.3 Å². The van der Waals surface area contributed by atoms with Crippen LogP contribution < -0.4 is 0 Å². The largest absolute Gasteiger partial charge is 0.460 e. The van der Waals surface area contributed by atoms with Crippen LogP contribution in [0.1, 0.15) is 19.4 Å². The summed E-state index contributed by atoms with van der Waals surface area (Å²) in [4.78, 5) is 12.1. The van der Waals surface area contributed by atoms with Crippen LogP contribution in [-0.4, -0.2) is 12.1 Å². The van der Waals surface area contributed by atoms with Gasteiger partial charge in [0, 0.05) is 9.13 Å². The third-order valence-corrected chi connectivity index (χ3v) is 5.34. The topological polar surface area (TPSA) is 26.3 Å². The van der Waals surface area contributed by atoms with E-state index >= 15 is 0 Å². The smallest absolute Gasteiger partial charge is 0.426 e. The van der Waals surface area contributed by atoms with E-state index < -0.39 is 40.2 Å². The molecule has 8 heteroatoms. The van der Waals surface area contributed by atoms with Crippen LogP contribution in [0, 0.1) is 26.6 Å². The molecule has 2 atom stereocenters. The van der Waals surface area contributed by atoms with Crippen molar-refractivity contribution in [3.8, 4) is 0 Å². The Bertz CT molecular complexity index is 685. The molecule has 132 valence electrons. The van der Waals surface area contributed by atoms with Gasteiger partial charge in [0.2, 0.25) is 0 Å². The molecule has 0 aromatic heterocycles. The Morgan fingerprint density at radius 2 is 2.04 bits per heavy atom. The quantitative estimate of drug-likeness (QED) is 0.329. The zero-order valence-corrected chi connectivity index (χ0v) is 15.7. The summed E-state index contributed by atoms with van der Waals surface area (Å²) in [5.41, 5.74) is -0.472. The molecule has 0 radical (unpaired) electrons. The number of esters is 1. The molecule has 2 nitrogen and oxygen atoms in total. The molecule has 1 aromatic rings. The fourth-order valence-corrected chi connectivity index (χ4v) is 3.28. The predicted molar refractivity (Wildman–Crippen MR) is 89.7 cm³/mol. The third kappa shape index (κ3) is 4.04. The summed E-state index contributed by atoms with van der Waals surface area (Å²) >= 11 is 7.05. The lowest BCUT2D eigenvalue weighted by Crippen LogP contribution is -2.11. The fraction of sp³-hybridized carbons (Fsp3) is 0.438. The zero-order valence-electron chi connectivity index (χ0n) is 12.8. The van der Waals surface area contributed by atoms with E-state index in [1.54, 1.807) is 26.0 Å². The van der Waals surface area contributed by atoms with E-state index in [4.69, 9.17) is 16.3 Å². The molecule has 0 aliphatic heterocycles. The number of alkyl halides is 3. The molecular formula is C16H14ClF4IO2. The Kier molecular flexibility index (Phi) is 5.54. The van der Waals surface area contributed by atoms with Gasteiger partial charge in [-0.1, -0.05) is 43.7 Å². The molecule has 2 rings (SSSR count). The van der Waals surface area contributed by atoms with Crippen molar-refractivity contribution in [1.29, 1.82) is 0 Å². The molecule has 0 saturated heterocycles. The second kappa shape index (κ2) is 6.82. The van der Waals surface area contributed by atoms with Crippen molar-refractivity contribution in [2.45, 2.75) is 26.6 Å². The fourth-order valence-electron chi connectivity index (χ4n) is 2.59. The van der Waals surface area contributed by atoms with Crippen molar-refractivity contribution < 1.29 is 27.1 Å². The summed E-state index contributed by atoms with van der Waals surface area (Å²) in [6.07, 6.45) is -3.79. The van der Waals surface area contributed by atoms with E-state index in [0.29, 0.717) is 3.57 Å². The summed E-state index contributed by atoms with van der Waals surface area (Å²) in [6.45, 7) is 3.05. The Balaban J connectivity index is 2.04. The van der Waals surface area contributed by atoms with Crippen LogP contribution in [0.2, 0.25) is 0 Å². The van der Waals surface area contributed by atoms with Gasteiger partial charge in [0.15, 0.2) is 0 Å². The lowest BCUT2D eigenvalue weighted by atomic mass is 10.1. The van der Waals surface area contributed by atoms with E-state index in [9.17, 15) is 22.4 Å². The monoisotopic (exact) mass is 476 g/mol. The van der Waals surface area contributed by atoms with Crippen molar-refractivity contribution >= 4 is 40.2 Å². The van der Waals surface area contributed by atoms with Gasteiger partial charge in [-0.15, -0.1) is 0 Å². The standard InChI is InChI=1S/C16H14ClF4IO2/c1-15(2)9(6-11(17)16(19,20)21)12(15)14(23)24-7-8-4-3-5-10(22)13(8)18/h3-6,9,12H,7H2,1-2H3/b11-6-/t9?,12-/m0/s1. The first-order valence-electron chi connectivity index (χ1n) is 7.00. The SMILES string of the molecule is CC1(C)C(/C=C(\Cl)C(F)(F)F)[C@H]1C(=O)OCc1cccc(I)c1F.